The summed E-state index contributed by atoms with van der Waals surface area (Å²) in [5.41, 5.74) is 3.29. The summed E-state index contributed by atoms with van der Waals surface area (Å²) in [6.45, 7) is 3.39. The summed E-state index contributed by atoms with van der Waals surface area (Å²) >= 11 is 5.89. The SMILES string of the molecule is COC(=O)Nc1ccc2c(c1)NC(=O)[C@H](C)CCC[C@H](NC(=O)/C(C=N)=C(\C)Nc1cccc(Cl)c1F)c1cc-2ccn1. The Labute approximate surface area is 253 Å². The third kappa shape index (κ3) is 7.55. The predicted molar refractivity (Wildman–Crippen MR) is 165 cm³/mol. The van der Waals surface area contributed by atoms with Gasteiger partial charge in [0.15, 0.2) is 5.82 Å². The molecule has 2 aromatic carbocycles. The molecule has 5 N–H and O–H groups in total. The van der Waals surface area contributed by atoms with E-state index in [0.717, 1.165) is 11.8 Å². The quantitative estimate of drug-likeness (QED) is 0.156. The van der Waals surface area contributed by atoms with Gasteiger partial charge in [0, 0.05) is 35.3 Å². The van der Waals surface area contributed by atoms with Crippen LogP contribution in [0.1, 0.15) is 44.8 Å². The predicted octanol–water partition coefficient (Wildman–Crippen LogP) is 6.67. The van der Waals surface area contributed by atoms with Crippen molar-refractivity contribution in [3.05, 3.63) is 82.5 Å². The second-order valence-corrected chi connectivity index (χ2v) is 10.5. The molecule has 2 atom stereocenters. The molecule has 224 valence electrons. The Balaban J connectivity index is 1.68. The van der Waals surface area contributed by atoms with E-state index < -0.39 is 23.9 Å². The number of amides is 3. The van der Waals surface area contributed by atoms with Crippen molar-refractivity contribution in [3.63, 3.8) is 0 Å². The molecule has 3 aromatic rings. The van der Waals surface area contributed by atoms with E-state index in [1.54, 1.807) is 43.5 Å². The van der Waals surface area contributed by atoms with Crippen LogP contribution in [0.15, 0.2) is 66.0 Å². The van der Waals surface area contributed by atoms with Gasteiger partial charge in [-0.25, -0.2) is 9.18 Å². The summed E-state index contributed by atoms with van der Waals surface area (Å²) in [4.78, 5) is 42.8. The number of ether oxygens (including phenoxy) is 1. The molecule has 3 amide bonds. The highest BCUT2D eigenvalue weighted by atomic mass is 35.5. The van der Waals surface area contributed by atoms with Gasteiger partial charge in [0.1, 0.15) is 0 Å². The molecule has 0 spiro atoms. The van der Waals surface area contributed by atoms with Crippen LogP contribution < -0.4 is 21.3 Å². The number of nitrogens with one attached hydrogen (secondary N) is 5. The van der Waals surface area contributed by atoms with Crippen LogP contribution in [0.25, 0.3) is 11.1 Å². The molecule has 43 heavy (non-hydrogen) atoms. The maximum Gasteiger partial charge on any atom is 0.411 e. The van der Waals surface area contributed by atoms with Crippen molar-refractivity contribution >= 4 is 52.8 Å². The number of rotatable bonds is 6. The Morgan fingerprint density at radius 3 is 2.70 bits per heavy atom. The summed E-state index contributed by atoms with van der Waals surface area (Å²) in [5, 5.41) is 19.2. The third-order valence-electron chi connectivity index (χ3n) is 7.11. The highest BCUT2D eigenvalue weighted by Gasteiger charge is 2.23. The van der Waals surface area contributed by atoms with Crippen molar-refractivity contribution in [2.75, 3.05) is 23.1 Å². The Kier molecular flexibility index (Phi) is 10.1. The number of aromatic nitrogens is 1. The number of hydrogen-bond acceptors (Lipinski definition) is 7. The summed E-state index contributed by atoms with van der Waals surface area (Å²) in [6, 6.07) is 12.7. The molecule has 1 aromatic heterocycles. The fourth-order valence-corrected chi connectivity index (χ4v) is 4.89. The first kappa shape index (κ1) is 31.2. The monoisotopic (exact) mass is 606 g/mol. The van der Waals surface area contributed by atoms with Gasteiger partial charge >= 0.3 is 6.09 Å². The van der Waals surface area contributed by atoms with Crippen LogP contribution in [0.5, 0.6) is 0 Å². The van der Waals surface area contributed by atoms with Crippen molar-refractivity contribution in [3.8, 4) is 11.1 Å². The number of benzene rings is 2. The first-order chi connectivity index (χ1) is 20.6. The van der Waals surface area contributed by atoms with Gasteiger partial charge in [-0.15, -0.1) is 0 Å². The molecule has 0 saturated heterocycles. The van der Waals surface area contributed by atoms with E-state index in [2.05, 4.69) is 31.0 Å². The smallest absolute Gasteiger partial charge is 0.411 e. The molecule has 10 nitrogen and oxygen atoms in total. The Hall–Kier alpha value is -4.77. The van der Waals surface area contributed by atoms with Gasteiger partial charge in [-0.2, -0.15) is 0 Å². The summed E-state index contributed by atoms with van der Waals surface area (Å²) in [7, 11) is 1.26. The molecule has 0 saturated carbocycles. The van der Waals surface area contributed by atoms with Gasteiger partial charge in [0.2, 0.25) is 5.91 Å². The second-order valence-electron chi connectivity index (χ2n) is 10.1. The van der Waals surface area contributed by atoms with E-state index in [1.165, 1.54) is 19.2 Å². The number of methoxy groups -OCH3 is 1. The molecule has 12 heteroatoms. The summed E-state index contributed by atoms with van der Waals surface area (Å²) < 4.78 is 19.1. The number of pyridine rings is 1. The summed E-state index contributed by atoms with van der Waals surface area (Å²) in [5.74, 6) is -1.74. The maximum absolute atomic E-state index is 14.5. The minimum atomic E-state index is -0.666. The minimum absolute atomic E-state index is 0.00498. The lowest BCUT2D eigenvalue weighted by atomic mass is 9.95. The van der Waals surface area contributed by atoms with Crippen molar-refractivity contribution in [2.45, 2.75) is 39.2 Å². The molecule has 1 aliphatic rings. The van der Waals surface area contributed by atoms with Crippen LogP contribution in [0.3, 0.4) is 0 Å². The van der Waals surface area contributed by atoms with Gasteiger partial charge in [-0.3, -0.25) is 19.9 Å². The zero-order valence-electron chi connectivity index (χ0n) is 23.9. The lowest BCUT2D eigenvalue weighted by molar-refractivity contribution is -0.120. The van der Waals surface area contributed by atoms with E-state index in [1.807, 2.05) is 13.0 Å². The molecular formula is C31H32ClFN6O4. The van der Waals surface area contributed by atoms with Crippen LogP contribution in [0, 0.1) is 17.1 Å². The molecular weight excluding hydrogens is 575 g/mol. The molecule has 0 radical (unpaired) electrons. The first-order valence-corrected chi connectivity index (χ1v) is 14.0. The van der Waals surface area contributed by atoms with Gasteiger partial charge in [0.25, 0.3) is 5.91 Å². The number of hydrogen-bond donors (Lipinski definition) is 5. The maximum atomic E-state index is 14.5. The number of nitrogens with zero attached hydrogens (tertiary/aromatic N) is 1. The topological polar surface area (TPSA) is 145 Å². The largest absolute Gasteiger partial charge is 0.453 e. The zero-order chi connectivity index (χ0) is 31.1. The van der Waals surface area contributed by atoms with Crippen molar-refractivity contribution in [1.29, 1.82) is 5.41 Å². The van der Waals surface area contributed by atoms with Gasteiger partial charge in [-0.05, 0) is 61.7 Å². The summed E-state index contributed by atoms with van der Waals surface area (Å²) in [6.07, 6.45) is 3.50. The molecule has 0 aliphatic carbocycles. The average Bonchev–Trinajstić information content (AvgIpc) is 2.99. The van der Waals surface area contributed by atoms with Crippen LogP contribution >= 0.6 is 11.6 Å². The Morgan fingerprint density at radius 1 is 1.16 bits per heavy atom. The minimum Gasteiger partial charge on any atom is -0.453 e. The molecule has 0 fully saturated rings. The van der Waals surface area contributed by atoms with Gasteiger partial charge in [-0.1, -0.05) is 37.1 Å². The number of allylic oxidation sites excluding steroid dienone is 1. The van der Waals surface area contributed by atoms with E-state index in [-0.39, 0.29) is 33.8 Å². The molecule has 4 rings (SSSR count). The Bertz CT molecular complexity index is 1590. The number of halogens is 2. The fraction of sp³-hybridized carbons (Fsp3) is 0.258. The third-order valence-corrected chi connectivity index (χ3v) is 7.40. The van der Waals surface area contributed by atoms with E-state index in [0.29, 0.717) is 41.9 Å². The van der Waals surface area contributed by atoms with Crippen LogP contribution in [-0.4, -0.2) is 36.2 Å². The standard InChI is InChI=1S/C31H32ClFN6O4/c1-17-6-4-8-24(38-30(41)22(16-34)18(2)36-25-9-5-7-23(32)28(25)33)27-14-19(12-13-35-27)21-11-10-20(37-31(42)43-3)15-26(21)39-29(17)40/h5,7,9-17,24,34,36H,4,6,8H2,1-3H3,(H,37,42)(H,38,41)(H,39,40)/b22-18+,34-16?/t17-,24+/m1/s1. The lowest BCUT2D eigenvalue weighted by Gasteiger charge is -2.23. The molecule has 2 bridgehead atoms. The van der Waals surface area contributed by atoms with Crippen molar-refractivity contribution in [2.24, 2.45) is 5.92 Å². The number of fused-ring (bicyclic) bond motifs is 4. The number of carbonyl (C=O) groups excluding carboxylic acids is 3. The normalized spacial score (nSPS) is 17.1. The van der Waals surface area contributed by atoms with Crippen molar-refractivity contribution < 1.29 is 23.5 Å². The average molecular weight is 607 g/mol. The van der Waals surface area contributed by atoms with Crippen LogP contribution in [0.2, 0.25) is 5.02 Å². The van der Waals surface area contributed by atoms with Crippen molar-refractivity contribution in [1.82, 2.24) is 10.3 Å². The second kappa shape index (κ2) is 13.9. The Morgan fingerprint density at radius 2 is 1.95 bits per heavy atom. The van der Waals surface area contributed by atoms with Crippen LogP contribution in [0.4, 0.5) is 26.2 Å². The molecule has 2 heterocycles. The van der Waals surface area contributed by atoms with E-state index >= 15 is 0 Å². The number of carbonyl (C=O) groups is 3. The highest BCUT2D eigenvalue weighted by molar-refractivity contribution is 6.31. The molecule has 0 unspecified atom stereocenters. The van der Waals surface area contributed by atoms with E-state index in [9.17, 15) is 18.8 Å². The first-order valence-electron chi connectivity index (χ1n) is 13.6. The van der Waals surface area contributed by atoms with Gasteiger partial charge in [0.05, 0.1) is 40.8 Å². The zero-order valence-corrected chi connectivity index (χ0v) is 24.6. The van der Waals surface area contributed by atoms with Crippen LogP contribution in [-0.2, 0) is 14.3 Å². The number of anilines is 3. The van der Waals surface area contributed by atoms with E-state index in [4.69, 9.17) is 17.0 Å². The van der Waals surface area contributed by atoms with Gasteiger partial charge < -0.3 is 26.1 Å². The molecule has 1 aliphatic heterocycles. The highest BCUT2D eigenvalue weighted by Crippen LogP contribution is 2.34. The lowest BCUT2D eigenvalue weighted by Crippen LogP contribution is -2.32. The fourth-order valence-electron chi connectivity index (χ4n) is 4.71.